The number of carbonyl (C=O) groups excluding carboxylic acids is 1. The summed E-state index contributed by atoms with van der Waals surface area (Å²) in [6, 6.07) is 0. The molecule has 94 valence electrons. The molecule has 1 amide bonds. The fourth-order valence-electron chi connectivity index (χ4n) is 1.13. The number of hydrogen-bond donors (Lipinski definition) is 0. The van der Waals surface area contributed by atoms with Crippen LogP contribution >= 0.6 is 0 Å². The third-order valence-electron chi connectivity index (χ3n) is 2.03. The Kier molecular flexibility index (Phi) is 6.11. The summed E-state index contributed by atoms with van der Waals surface area (Å²) in [5.41, 5.74) is 0.980. The van der Waals surface area contributed by atoms with Crippen LogP contribution in [0.1, 0.15) is 20.3 Å². The molecule has 0 radical (unpaired) electrons. The highest BCUT2D eigenvalue weighted by molar-refractivity contribution is 5.67. The van der Waals surface area contributed by atoms with Crippen molar-refractivity contribution in [2.75, 3.05) is 41.3 Å². The quantitative estimate of drug-likeness (QED) is 0.533. The van der Waals surface area contributed by atoms with E-state index in [2.05, 4.69) is 21.1 Å². The predicted molar refractivity (Wildman–Crippen MR) is 66.1 cm³/mol. The van der Waals surface area contributed by atoms with Crippen LogP contribution in [0.2, 0.25) is 0 Å². The molecule has 0 unspecified atom stereocenters. The molecule has 0 fully saturated rings. The monoisotopic (exact) mass is 229 g/mol. The van der Waals surface area contributed by atoms with Crippen LogP contribution in [0.15, 0.2) is 11.8 Å². The lowest BCUT2D eigenvalue weighted by Crippen LogP contribution is -2.37. The van der Waals surface area contributed by atoms with E-state index in [0.29, 0.717) is 0 Å². The van der Waals surface area contributed by atoms with E-state index in [4.69, 9.17) is 4.74 Å². The molecule has 16 heavy (non-hydrogen) atoms. The number of carbonyl (C=O) groups is 1. The summed E-state index contributed by atoms with van der Waals surface area (Å²) in [6.07, 6.45) is 2.17. The lowest BCUT2D eigenvalue weighted by atomic mass is 10.3. The van der Waals surface area contributed by atoms with Crippen LogP contribution in [0.25, 0.3) is 0 Å². The Labute approximate surface area is 99.1 Å². The van der Waals surface area contributed by atoms with Crippen LogP contribution in [0, 0.1) is 0 Å². The summed E-state index contributed by atoms with van der Waals surface area (Å²) in [7, 11) is 8.18. The van der Waals surface area contributed by atoms with Gasteiger partial charge < -0.3 is 14.1 Å². The van der Waals surface area contributed by atoms with Crippen LogP contribution in [-0.4, -0.2) is 56.8 Å². The minimum Gasteiger partial charge on any atom is -0.418 e. The van der Waals surface area contributed by atoms with Crippen LogP contribution in [0.3, 0.4) is 0 Å². The van der Waals surface area contributed by atoms with Gasteiger partial charge in [0.05, 0.1) is 33.9 Å². The Morgan fingerprint density at radius 2 is 1.88 bits per heavy atom. The number of allylic oxidation sites excluding steroid dienone is 1. The molecule has 4 heteroatoms. The Bertz CT molecular complexity index is 250. The van der Waals surface area contributed by atoms with Crippen LogP contribution in [0.5, 0.6) is 0 Å². The third kappa shape index (κ3) is 8.29. The number of ether oxygens (including phenoxy) is 1. The second-order valence-electron chi connectivity index (χ2n) is 5.37. The van der Waals surface area contributed by atoms with Gasteiger partial charge in [-0.1, -0.05) is 0 Å². The molecular formula is C12H25N2O2+. The Morgan fingerprint density at radius 3 is 2.31 bits per heavy atom. The van der Waals surface area contributed by atoms with Crippen molar-refractivity contribution in [1.29, 1.82) is 0 Å². The SMILES string of the molecule is CC(C)=COC(=O)N(C)CCC[N+](C)(C)C. The van der Waals surface area contributed by atoms with Crippen LogP contribution in [0.4, 0.5) is 4.79 Å². The van der Waals surface area contributed by atoms with Crippen molar-refractivity contribution < 1.29 is 14.0 Å². The zero-order valence-electron chi connectivity index (χ0n) is 11.4. The molecule has 0 atom stereocenters. The topological polar surface area (TPSA) is 29.5 Å². The molecule has 0 spiro atoms. The molecular weight excluding hydrogens is 204 g/mol. The molecule has 4 nitrogen and oxygen atoms in total. The van der Waals surface area contributed by atoms with Gasteiger partial charge in [-0.25, -0.2) is 4.79 Å². The van der Waals surface area contributed by atoms with Crippen molar-refractivity contribution in [3.05, 3.63) is 11.8 Å². The molecule has 0 aromatic heterocycles. The Hall–Kier alpha value is -1.03. The average Bonchev–Trinajstić information content (AvgIpc) is 2.11. The summed E-state index contributed by atoms with van der Waals surface area (Å²) < 4.78 is 5.88. The van der Waals surface area contributed by atoms with Gasteiger partial charge in [-0.2, -0.15) is 0 Å². The van der Waals surface area contributed by atoms with Crippen molar-refractivity contribution in [2.45, 2.75) is 20.3 Å². The first kappa shape index (κ1) is 15.0. The zero-order chi connectivity index (χ0) is 12.8. The van der Waals surface area contributed by atoms with Crippen LogP contribution in [-0.2, 0) is 4.74 Å². The Balaban J connectivity index is 3.84. The third-order valence-corrected chi connectivity index (χ3v) is 2.03. The van der Waals surface area contributed by atoms with Gasteiger partial charge in [0.1, 0.15) is 0 Å². The summed E-state index contributed by atoms with van der Waals surface area (Å²) in [4.78, 5) is 13.1. The van der Waals surface area contributed by atoms with E-state index < -0.39 is 0 Å². The van der Waals surface area contributed by atoms with E-state index in [1.165, 1.54) is 6.26 Å². The number of quaternary nitrogens is 1. The molecule has 0 aromatic carbocycles. The summed E-state index contributed by atoms with van der Waals surface area (Å²) in [5.74, 6) is 0. The number of amides is 1. The van der Waals surface area contributed by atoms with Gasteiger partial charge in [-0.05, 0) is 19.4 Å². The fraction of sp³-hybridized carbons (Fsp3) is 0.750. The number of hydrogen-bond acceptors (Lipinski definition) is 2. The smallest absolute Gasteiger partial charge is 0.414 e. The summed E-state index contributed by atoms with van der Waals surface area (Å²) >= 11 is 0. The second kappa shape index (κ2) is 6.53. The first-order valence-electron chi connectivity index (χ1n) is 5.58. The zero-order valence-corrected chi connectivity index (χ0v) is 11.4. The molecule has 0 saturated carbocycles. The van der Waals surface area contributed by atoms with E-state index in [1.807, 2.05) is 13.8 Å². The van der Waals surface area contributed by atoms with Gasteiger partial charge >= 0.3 is 6.09 Å². The highest BCUT2D eigenvalue weighted by Crippen LogP contribution is 1.99. The molecule has 0 aliphatic rings. The molecule has 0 saturated heterocycles. The van der Waals surface area contributed by atoms with E-state index in [-0.39, 0.29) is 6.09 Å². The van der Waals surface area contributed by atoms with Crippen molar-refractivity contribution in [3.8, 4) is 0 Å². The predicted octanol–water partition coefficient (Wildman–Crippen LogP) is 2.07. The fourth-order valence-corrected chi connectivity index (χ4v) is 1.13. The van der Waals surface area contributed by atoms with Gasteiger partial charge in [0.2, 0.25) is 0 Å². The van der Waals surface area contributed by atoms with Crippen molar-refractivity contribution in [1.82, 2.24) is 4.90 Å². The highest BCUT2D eigenvalue weighted by atomic mass is 16.5. The molecule has 0 aromatic rings. The molecule has 0 aliphatic heterocycles. The largest absolute Gasteiger partial charge is 0.418 e. The van der Waals surface area contributed by atoms with Gasteiger partial charge in [-0.15, -0.1) is 0 Å². The lowest BCUT2D eigenvalue weighted by Gasteiger charge is -2.25. The van der Waals surface area contributed by atoms with E-state index in [0.717, 1.165) is 29.6 Å². The van der Waals surface area contributed by atoms with Gasteiger partial charge in [0.15, 0.2) is 0 Å². The molecule has 0 aliphatic carbocycles. The second-order valence-corrected chi connectivity index (χ2v) is 5.37. The molecule has 0 bridgehead atoms. The normalized spacial score (nSPS) is 10.9. The van der Waals surface area contributed by atoms with E-state index in [9.17, 15) is 4.79 Å². The Morgan fingerprint density at radius 1 is 1.31 bits per heavy atom. The first-order chi connectivity index (χ1) is 7.22. The van der Waals surface area contributed by atoms with Crippen molar-refractivity contribution in [3.63, 3.8) is 0 Å². The maximum absolute atomic E-state index is 11.5. The lowest BCUT2D eigenvalue weighted by molar-refractivity contribution is -0.870. The first-order valence-corrected chi connectivity index (χ1v) is 5.58. The van der Waals surface area contributed by atoms with Gasteiger partial charge in [0, 0.05) is 20.0 Å². The number of rotatable bonds is 5. The van der Waals surface area contributed by atoms with Gasteiger partial charge in [-0.3, -0.25) is 0 Å². The van der Waals surface area contributed by atoms with E-state index >= 15 is 0 Å². The molecule has 0 heterocycles. The maximum atomic E-state index is 11.5. The van der Waals surface area contributed by atoms with Crippen molar-refractivity contribution in [2.24, 2.45) is 0 Å². The van der Waals surface area contributed by atoms with Crippen LogP contribution < -0.4 is 0 Å². The molecule has 0 rings (SSSR count). The minimum atomic E-state index is -0.289. The standard InChI is InChI=1S/C12H25N2O2/c1-11(2)10-16-12(15)13(3)8-7-9-14(4,5)6/h10H,7-9H2,1-6H3/q+1. The van der Waals surface area contributed by atoms with Crippen molar-refractivity contribution >= 4 is 6.09 Å². The molecule has 0 N–H and O–H groups in total. The maximum Gasteiger partial charge on any atom is 0.414 e. The number of nitrogens with zero attached hydrogens (tertiary/aromatic N) is 2. The summed E-state index contributed by atoms with van der Waals surface area (Å²) in [5, 5.41) is 0. The minimum absolute atomic E-state index is 0.289. The highest BCUT2D eigenvalue weighted by Gasteiger charge is 2.11. The van der Waals surface area contributed by atoms with Gasteiger partial charge in [0.25, 0.3) is 0 Å². The average molecular weight is 229 g/mol. The van der Waals surface area contributed by atoms with E-state index in [1.54, 1.807) is 11.9 Å². The summed E-state index contributed by atoms with van der Waals surface area (Å²) in [6.45, 7) is 5.56.